The molecule has 0 bridgehead atoms. The summed E-state index contributed by atoms with van der Waals surface area (Å²) in [6.45, 7) is 7.60. The van der Waals surface area contributed by atoms with Crippen LogP contribution in [0.15, 0.2) is 23.1 Å². The second kappa shape index (κ2) is 21.2. The van der Waals surface area contributed by atoms with E-state index in [2.05, 4.69) is 37.2 Å². The number of carbonyl (C=O) groups excluding carboxylic acids is 2. The molecule has 11 heteroatoms. The Bertz CT molecular complexity index is 897. The number of hydrogen-bond acceptors (Lipinski definition) is 9. The summed E-state index contributed by atoms with van der Waals surface area (Å²) in [4.78, 5) is 22.7. The summed E-state index contributed by atoms with van der Waals surface area (Å²) in [6.07, 6.45) is 17.9. The molecule has 1 rings (SSSR count). The first-order valence-corrected chi connectivity index (χ1v) is 18.0. The van der Waals surface area contributed by atoms with Gasteiger partial charge in [0.25, 0.3) is 0 Å². The summed E-state index contributed by atoms with van der Waals surface area (Å²) in [6, 6.07) is 3.01. The van der Waals surface area contributed by atoms with E-state index >= 15 is 0 Å². The minimum Gasteiger partial charge on any atom is -0.744 e. The largest absolute Gasteiger partial charge is 0.744 e. The predicted octanol–water partition coefficient (Wildman–Crippen LogP) is 5.09. The van der Waals surface area contributed by atoms with Crippen molar-refractivity contribution >= 4 is 29.3 Å². The van der Waals surface area contributed by atoms with Crippen LogP contribution in [0.5, 0.6) is 0 Å². The molecule has 0 atom stereocenters. The Morgan fingerprint density at radius 1 is 0.769 bits per heavy atom. The lowest BCUT2D eigenvalue weighted by molar-refractivity contribution is 0.0386. The van der Waals surface area contributed by atoms with E-state index in [1.807, 2.05) is 0 Å². The van der Waals surface area contributed by atoms with E-state index < -0.39 is 65.2 Å². The van der Waals surface area contributed by atoms with Crippen molar-refractivity contribution in [3.05, 3.63) is 29.3 Å². The third kappa shape index (κ3) is 14.6. The van der Waals surface area contributed by atoms with Crippen molar-refractivity contribution < 1.29 is 42.2 Å². The first kappa shape index (κ1) is 37.4. The molecule has 0 aromatic heterocycles. The minimum absolute atomic E-state index is 0.377. The summed E-state index contributed by atoms with van der Waals surface area (Å²) >= 11 is 0. The quantitative estimate of drug-likeness (QED) is 0.127. The van der Waals surface area contributed by atoms with Crippen LogP contribution in [0.25, 0.3) is 0 Å². The van der Waals surface area contributed by atoms with Gasteiger partial charge in [0.2, 0.25) is 0 Å². The van der Waals surface area contributed by atoms with Gasteiger partial charge < -0.3 is 24.2 Å². The molecule has 0 heterocycles. The summed E-state index contributed by atoms with van der Waals surface area (Å²) < 4.78 is 42.8. The molecule has 0 amide bonds. The molecule has 1 aromatic carbocycles. The maximum atomic E-state index is 11.9. The van der Waals surface area contributed by atoms with Crippen molar-refractivity contribution in [2.75, 3.05) is 51.1 Å². The minimum atomic E-state index is -5.05. The molecule has 0 saturated heterocycles. The van der Waals surface area contributed by atoms with Crippen molar-refractivity contribution in [1.82, 2.24) is 0 Å². The molecule has 0 radical (unpaired) electrons. The summed E-state index contributed by atoms with van der Waals surface area (Å²) in [5.74, 6) is -2.37. The van der Waals surface area contributed by atoms with E-state index in [1.54, 1.807) is 24.6 Å². The molecular formula is C28H49O9PS. The van der Waals surface area contributed by atoms with Gasteiger partial charge >= 0.3 is 11.9 Å². The van der Waals surface area contributed by atoms with Gasteiger partial charge in [-0.05, 0) is 37.8 Å². The summed E-state index contributed by atoms with van der Waals surface area (Å²) in [5.41, 5.74) is -1.26. The lowest BCUT2D eigenvalue weighted by Crippen LogP contribution is -2.20. The van der Waals surface area contributed by atoms with Gasteiger partial charge in [-0.15, -0.1) is 0 Å². The highest BCUT2D eigenvalue weighted by atomic mass is 32.2. The van der Waals surface area contributed by atoms with Crippen LogP contribution in [0, 0.1) is 0 Å². The zero-order valence-electron chi connectivity index (χ0n) is 24.2. The van der Waals surface area contributed by atoms with Gasteiger partial charge in [-0.2, -0.15) is 0 Å². The third-order valence-corrected chi connectivity index (χ3v) is 12.3. The molecule has 0 aliphatic rings. The standard InChI is InChI=1S/C16H36P.C12H14O9S/c1-5-9-13-17(14-10-6-2,15-11-7-3)16-12-8-4;13-4-6-20-11(15)8-2-1-3-9(22(17,18)19)10(8)12(16)21-7-5-14/h5-16H2,1-4H3;1-3,13-14H,4-7H2,(H,17,18,19)/q+1;/p-1. The molecule has 39 heavy (non-hydrogen) atoms. The first-order valence-electron chi connectivity index (χ1n) is 14.1. The van der Waals surface area contributed by atoms with Crippen molar-refractivity contribution in [2.45, 2.75) is 84.0 Å². The van der Waals surface area contributed by atoms with Crippen LogP contribution in [-0.4, -0.2) is 86.2 Å². The Labute approximate surface area is 235 Å². The third-order valence-electron chi connectivity index (χ3n) is 6.31. The van der Waals surface area contributed by atoms with Gasteiger partial charge in [-0.25, -0.2) is 18.0 Å². The van der Waals surface area contributed by atoms with Crippen LogP contribution >= 0.6 is 7.26 Å². The fraction of sp³-hybridized carbons (Fsp3) is 0.714. The average Bonchev–Trinajstić information content (AvgIpc) is 2.93. The highest BCUT2D eigenvalue weighted by Gasteiger charge is 2.34. The topological polar surface area (TPSA) is 150 Å². The second-order valence-corrected chi connectivity index (χ2v) is 15.3. The Kier molecular flexibility index (Phi) is 20.3. The van der Waals surface area contributed by atoms with Crippen LogP contribution in [0.1, 0.15) is 99.8 Å². The molecule has 9 nitrogen and oxygen atoms in total. The predicted molar refractivity (Wildman–Crippen MR) is 155 cm³/mol. The zero-order valence-corrected chi connectivity index (χ0v) is 25.9. The molecule has 0 aliphatic carbocycles. The number of hydrogen-bond donors (Lipinski definition) is 2. The normalized spacial score (nSPS) is 11.5. The molecule has 0 spiro atoms. The summed E-state index contributed by atoms with van der Waals surface area (Å²) in [5, 5.41) is 17.2. The van der Waals surface area contributed by atoms with E-state index in [4.69, 9.17) is 10.2 Å². The number of ether oxygens (including phenoxy) is 2. The fourth-order valence-corrected chi connectivity index (χ4v) is 10.2. The van der Waals surface area contributed by atoms with Crippen LogP contribution in [0.3, 0.4) is 0 Å². The highest BCUT2D eigenvalue weighted by molar-refractivity contribution is 7.85. The number of carbonyl (C=O) groups is 2. The molecule has 2 N–H and O–H groups in total. The van der Waals surface area contributed by atoms with Gasteiger partial charge in [0, 0.05) is 7.26 Å². The Morgan fingerprint density at radius 2 is 1.18 bits per heavy atom. The number of esters is 2. The Balaban J connectivity index is 0.000000768. The number of aliphatic hydroxyl groups is 2. The maximum absolute atomic E-state index is 11.9. The molecule has 0 fully saturated rings. The van der Waals surface area contributed by atoms with Crippen molar-refractivity contribution in [2.24, 2.45) is 0 Å². The molecule has 0 unspecified atom stereocenters. The molecule has 1 aromatic rings. The van der Waals surface area contributed by atoms with Gasteiger partial charge in [0.1, 0.15) is 23.3 Å². The Hall–Kier alpha value is -1.58. The van der Waals surface area contributed by atoms with Gasteiger partial charge in [-0.3, -0.25) is 0 Å². The van der Waals surface area contributed by atoms with Crippen molar-refractivity contribution in [1.29, 1.82) is 0 Å². The lowest BCUT2D eigenvalue weighted by Gasteiger charge is -2.28. The van der Waals surface area contributed by atoms with Crippen LogP contribution < -0.4 is 0 Å². The number of aliphatic hydroxyl groups excluding tert-OH is 2. The molecule has 0 aliphatic heterocycles. The fourth-order valence-electron chi connectivity index (χ4n) is 4.19. The molecular weight excluding hydrogens is 543 g/mol. The van der Waals surface area contributed by atoms with Crippen LogP contribution in [0.2, 0.25) is 0 Å². The number of benzene rings is 1. The van der Waals surface area contributed by atoms with E-state index in [1.165, 1.54) is 51.4 Å². The second-order valence-electron chi connectivity index (χ2n) is 9.50. The maximum Gasteiger partial charge on any atom is 0.340 e. The summed E-state index contributed by atoms with van der Waals surface area (Å²) in [7, 11) is -5.61. The zero-order chi connectivity index (χ0) is 29.7. The average molecular weight is 593 g/mol. The highest BCUT2D eigenvalue weighted by Crippen LogP contribution is 2.61. The smallest absolute Gasteiger partial charge is 0.340 e. The van der Waals surface area contributed by atoms with Gasteiger partial charge in [0.15, 0.2) is 0 Å². The van der Waals surface area contributed by atoms with Crippen LogP contribution in [-0.2, 0) is 19.6 Å². The monoisotopic (exact) mass is 592 g/mol. The SMILES string of the molecule is CCCC[P+](CCCC)(CCCC)CCCC.O=C(OCCO)c1cccc(S(=O)(=O)[O-])c1C(=O)OCCO. The van der Waals surface area contributed by atoms with Crippen molar-refractivity contribution in [3.63, 3.8) is 0 Å². The van der Waals surface area contributed by atoms with Crippen LogP contribution in [0.4, 0.5) is 0 Å². The molecule has 226 valence electrons. The van der Waals surface area contributed by atoms with Crippen molar-refractivity contribution in [3.8, 4) is 0 Å². The van der Waals surface area contributed by atoms with Gasteiger partial charge in [0.05, 0.1) is 53.9 Å². The van der Waals surface area contributed by atoms with E-state index in [9.17, 15) is 22.6 Å². The Morgan fingerprint density at radius 3 is 1.54 bits per heavy atom. The van der Waals surface area contributed by atoms with E-state index in [-0.39, 0.29) is 6.61 Å². The first-order chi connectivity index (χ1) is 18.6. The number of unbranched alkanes of at least 4 members (excludes halogenated alkanes) is 4. The molecule has 0 saturated carbocycles. The van der Waals surface area contributed by atoms with E-state index in [0.29, 0.717) is 0 Å². The lowest BCUT2D eigenvalue weighted by atomic mass is 10.1. The van der Waals surface area contributed by atoms with Gasteiger partial charge in [-0.1, -0.05) is 59.4 Å². The number of rotatable bonds is 19. The van der Waals surface area contributed by atoms with E-state index in [0.717, 1.165) is 18.2 Å².